The number of ether oxygens (including phenoxy) is 1. The van der Waals surface area contributed by atoms with E-state index in [9.17, 15) is 0 Å². The Bertz CT molecular complexity index is 337. The topological polar surface area (TPSA) is 21.3 Å². The van der Waals surface area contributed by atoms with Crippen LogP contribution in [0.3, 0.4) is 0 Å². The van der Waals surface area contributed by atoms with Gasteiger partial charge in [-0.1, -0.05) is 23.2 Å². The Kier molecular flexibility index (Phi) is 3.87. The number of hydrogen-bond donors (Lipinski definition) is 1. The van der Waals surface area contributed by atoms with Gasteiger partial charge in [0.1, 0.15) is 0 Å². The number of benzene rings is 1. The molecule has 4 heteroatoms. The highest BCUT2D eigenvalue weighted by Crippen LogP contribution is 2.20. The summed E-state index contributed by atoms with van der Waals surface area (Å²) in [5, 5.41) is 4.87. The Labute approximate surface area is 99.5 Å². The van der Waals surface area contributed by atoms with Gasteiger partial charge in [0.2, 0.25) is 0 Å². The van der Waals surface area contributed by atoms with Gasteiger partial charge in [-0.2, -0.15) is 0 Å². The molecule has 1 aromatic rings. The highest BCUT2D eigenvalue weighted by molar-refractivity contribution is 6.33. The Morgan fingerprint density at radius 3 is 3.00 bits per heavy atom. The predicted molar refractivity (Wildman–Crippen MR) is 62.5 cm³/mol. The molecule has 0 radical (unpaired) electrons. The molecule has 0 amide bonds. The minimum Gasteiger partial charge on any atom is -0.380 e. The van der Waals surface area contributed by atoms with E-state index in [4.69, 9.17) is 27.9 Å². The van der Waals surface area contributed by atoms with Gasteiger partial charge in [0.25, 0.3) is 0 Å². The molecule has 0 aromatic heterocycles. The third kappa shape index (κ3) is 3.08. The first kappa shape index (κ1) is 11.2. The first-order valence-electron chi connectivity index (χ1n) is 5.01. The van der Waals surface area contributed by atoms with Crippen LogP contribution in [-0.4, -0.2) is 19.3 Å². The average molecular weight is 246 g/mol. The van der Waals surface area contributed by atoms with Crippen LogP contribution in [0.15, 0.2) is 18.2 Å². The zero-order chi connectivity index (χ0) is 10.7. The minimum atomic E-state index is 0.444. The summed E-state index contributed by atoms with van der Waals surface area (Å²) in [7, 11) is 0. The fraction of sp³-hybridized carbons (Fsp3) is 0.455. The van der Waals surface area contributed by atoms with Gasteiger partial charge in [0.15, 0.2) is 0 Å². The lowest BCUT2D eigenvalue weighted by Crippen LogP contribution is -2.28. The maximum Gasteiger partial charge on any atom is 0.0620 e. The van der Waals surface area contributed by atoms with E-state index in [-0.39, 0.29) is 0 Å². The SMILES string of the molecule is Clc1ccc(Cl)c(CNC2CCOC2)c1. The molecule has 0 saturated carbocycles. The van der Waals surface area contributed by atoms with Crippen molar-refractivity contribution < 1.29 is 4.74 Å². The molecule has 1 heterocycles. The molecule has 1 fully saturated rings. The summed E-state index contributed by atoms with van der Waals surface area (Å²) in [5.74, 6) is 0. The molecular weight excluding hydrogens is 233 g/mol. The zero-order valence-electron chi connectivity index (χ0n) is 8.30. The third-order valence-corrected chi connectivity index (χ3v) is 3.12. The summed E-state index contributed by atoms with van der Waals surface area (Å²) in [6.07, 6.45) is 1.07. The van der Waals surface area contributed by atoms with Crippen LogP contribution in [0.1, 0.15) is 12.0 Å². The maximum atomic E-state index is 6.05. The summed E-state index contributed by atoms with van der Waals surface area (Å²) in [6.45, 7) is 2.38. The summed E-state index contributed by atoms with van der Waals surface area (Å²) < 4.78 is 5.28. The molecule has 0 aliphatic carbocycles. The van der Waals surface area contributed by atoms with E-state index < -0.39 is 0 Å². The van der Waals surface area contributed by atoms with E-state index in [0.717, 1.165) is 41.8 Å². The van der Waals surface area contributed by atoms with Crippen LogP contribution in [-0.2, 0) is 11.3 Å². The van der Waals surface area contributed by atoms with Crippen LogP contribution in [0.25, 0.3) is 0 Å². The van der Waals surface area contributed by atoms with E-state index in [1.807, 2.05) is 12.1 Å². The van der Waals surface area contributed by atoms with Crippen LogP contribution in [0.2, 0.25) is 10.0 Å². The van der Waals surface area contributed by atoms with Crippen LogP contribution in [0, 0.1) is 0 Å². The van der Waals surface area contributed by atoms with Crippen molar-refractivity contribution in [2.75, 3.05) is 13.2 Å². The van der Waals surface area contributed by atoms with E-state index in [1.54, 1.807) is 6.07 Å². The van der Waals surface area contributed by atoms with Crippen molar-refractivity contribution in [1.82, 2.24) is 5.32 Å². The molecule has 1 N–H and O–H groups in total. The molecule has 1 saturated heterocycles. The molecule has 1 unspecified atom stereocenters. The molecule has 1 aromatic carbocycles. The molecule has 2 rings (SSSR count). The molecule has 15 heavy (non-hydrogen) atoms. The van der Waals surface area contributed by atoms with Gasteiger partial charge in [-0.3, -0.25) is 0 Å². The fourth-order valence-corrected chi connectivity index (χ4v) is 2.01. The van der Waals surface area contributed by atoms with Gasteiger partial charge in [0.05, 0.1) is 6.61 Å². The zero-order valence-corrected chi connectivity index (χ0v) is 9.81. The summed E-state index contributed by atoms with van der Waals surface area (Å²) >= 11 is 12.0. The van der Waals surface area contributed by atoms with E-state index >= 15 is 0 Å². The second-order valence-electron chi connectivity index (χ2n) is 3.68. The van der Waals surface area contributed by atoms with Crippen molar-refractivity contribution in [3.05, 3.63) is 33.8 Å². The van der Waals surface area contributed by atoms with Crippen LogP contribution < -0.4 is 5.32 Å². The second-order valence-corrected chi connectivity index (χ2v) is 4.52. The number of hydrogen-bond acceptors (Lipinski definition) is 2. The third-order valence-electron chi connectivity index (χ3n) is 2.52. The Morgan fingerprint density at radius 1 is 1.40 bits per heavy atom. The summed E-state index contributed by atoms with van der Waals surface area (Å²) in [6, 6.07) is 5.96. The molecule has 1 aliphatic rings. The lowest BCUT2D eigenvalue weighted by atomic mass is 10.2. The molecular formula is C11H13Cl2NO. The van der Waals surface area contributed by atoms with Crippen molar-refractivity contribution in [3.63, 3.8) is 0 Å². The van der Waals surface area contributed by atoms with Gasteiger partial charge in [-0.05, 0) is 30.2 Å². The van der Waals surface area contributed by atoms with Crippen LogP contribution in [0.4, 0.5) is 0 Å². The molecule has 1 atom stereocenters. The quantitative estimate of drug-likeness (QED) is 0.885. The highest BCUT2D eigenvalue weighted by atomic mass is 35.5. The van der Waals surface area contributed by atoms with E-state index in [0.29, 0.717) is 6.04 Å². The van der Waals surface area contributed by atoms with Crippen molar-refractivity contribution in [2.45, 2.75) is 19.0 Å². The Morgan fingerprint density at radius 2 is 2.27 bits per heavy atom. The molecule has 0 spiro atoms. The van der Waals surface area contributed by atoms with Crippen LogP contribution in [0.5, 0.6) is 0 Å². The second kappa shape index (κ2) is 5.17. The Balaban J connectivity index is 1.94. The van der Waals surface area contributed by atoms with E-state index in [2.05, 4.69) is 5.32 Å². The summed E-state index contributed by atoms with van der Waals surface area (Å²) in [5.41, 5.74) is 1.04. The van der Waals surface area contributed by atoms with Gasteiger partial charge in [-0.15, -0.1) is 0 Å². The van der Waals surface area contributed by atoms with Gasteiger partial charge < -0.3 is 10.1 Å². The molecule has 2 nitrogen and oxygen atoms in total. The lowest BCUT2D eigenvalue weighted by molar-refractivity contribution is 0.190. The van der Waals surface area contributed by atoms with Gasteiger partial charge >= 0.3 is 0 Å². The molecule has 1 aliphatic heterocycles. The first-order valence-corrected chi connectivity index (χ1v) is 5.76. The fourth-order valence-electron chi connectivity index (χ4n) is 1.63. The maximum absolute atomic E-state index is 6.05. The summed E-state index contributed by atoms with van der Waals surface area (Å²) in [4.78, 5) is 0. The number of rotatable bonds is 3. The average Bonchev–Trinajstić information content (AvgIpc) is 2.72. The molecule has 82 valence electrons. The standard InChI is InChI=1S/C11H13Cl2NO/c12-9-1-2-11(13)8(5-9)6-14-10-3-4-15-7-10/h1-2,5,10,14H,3-4,6-7H2. The first-order chi connectivity index (χ1) is 7.25. The van der Waals surface area contributed by atoms with Crippen molar-refractivity contribution in [2.24, 2.45) is 0 Å². The lowest BCUT2D eigenvalue weighted by Gasteiger charge is -2.11. The largest absolute Gasteiger partial charge is 0.380 e. The van der Waals surface area contributed by atoms with Crippen molar-refractivity contribution in [1.29, 1.82) is 0 Å². The number of nitrogens with one attached hydrogen (secondary N) is 1. The van der Waals surface area contributed by atoms with Crippen molar-refractivity contribution >= 4 is 23.2 Å². The monoisotopic (exact) mass is 245 g/mol. The smallest absolute Gasteiger partial charge is 0.0620 e. The minimum absolute atomic E-state index is 0.444. The number of halogens is 2. The highest BCUT2D eigenvalue weighted by Gasteiger charge is 2.14. The van der Waals surface area contributed by atoms with Crippen molar-refractivity contribution in [3.8, 4) is 0 Å². The Hall–Kier alpha value is -0.280. The van der Waals surface area contributed by atoms with Gasteiger partial charge in [-0.25, -0.2) is 0 Å². The normalized spacial score (nSPS) is 20.8. The predicted octanol–water partition coefficient (Wildman–Crippen LogP) is 2.87. The van der Waals surface area contributed by atoms with Gasteiger partial charge in [0, 0.05) is 29.2 Å². The van der Waals surface area contributed by atoms with Crippen LogP contribution >= 0.6 is 23.2 Å². The van der Waals surface area contributed by atoms with E-state index in [1.165, 1.54) is 0 Å². The molecule has 0 bridgehead atoms.